The zero-order chi connectivity index (χ0) is 15.7. The first-order chi connectivity index (χ1) is 10.4. The Balaban J connectivity index is 0.000000254. The van der Waals surface area contributed by atoms with E-state index in [4.69, 9.17) is 17.5 Å². The molecular weight excluding hydrogens is 304 g/mol. The minimum Gasteiger partial charge on any atom is -0.300 e. The molecule has 2 bridgehead atoms. The van der Waals surface area contributed by atoms with Crippen molar-refractivity contribution in [1.29, 1.82) is 0 Å². The zero-order valence-electron chi connectivity index (χ0n) is 13.1. The summed E-state index contributed by atoms with van der Waals surface area (Å²) in [6, 6.07) is 1.92. The molecule has 4 atom stereocenters. The summed E-state index contributed by atoms with van der Waals surface area (Å²) in [5, 5.41) is 0. The van der Waals surface area contributed by atoms with Crippen molar-refractivity contribution in [3.63, 3.8) is 0 Å². The fourth-order valence-corrected chi connectivity index (χ4v) is 5.25. The van der Waals surface area contributed by atoms with Crippen LogP contribution in [0, 0.1) is 11.8 Å². The molecule has 22 heavy (non-hydrogen) atoms. The Labute approximate surface area is 133 Å². The van der Waals surface area contributed by atoms with Crippen molar-refractivity contribution >= 4 is 10.4 Å². The fraction of sp³-hybridized carbons (Fsp3) is 1.00. The molecule has 4 heterocycles. The Bertz CT molecular complexity index is 448. The van der Waals surface area contributed by atoms with E-state index >= 15 is 0 Å². The van der Waals surface area contributed by atoms with Crippen molar-refractivity contribution in [2.45, 2.75) is 57.0 Å². The van der Waals surface area contributed by atoms with E-state index in [0.29, 0.717) is 0 Å². The molecule has 0 radical (unpaired) electrons. The van der Waals surface area contributed by atoms with Crippen molar-refractivity contribution < 1.29 is 17.5 Å². The first-order valence-electron chi connectivity index (χ1n) is 8.60. The molecule has 4 aliphatic rings. The molecule has 0 aliphatic carbocycles. The average molecular weight is 332 g/mol. The van der Waals surface area contributed by atoms with Gasteiger partial charge < -0.3 is 0 Å². The highest BCUT2D eigenvalue weighted by Crippen LogP contribution is 2.42. The van der Waals surface area contributed by atoms with Crippen LogP contribution in [-0.4, -0.2) is 65.6 Å². The molecule has 4 saturated heterocycles. The predicted molar refractivity (Wildman–Crippen MR) is 84.2 cm³/mol. The van der Waals surface area contributed by atoms with Gasteiger partial charge in [0.1, 0.15) is 0 Å². The lowest BCUT2D eigenvalue weighted by Crippen LogP contribution is -2.63. The first-order valence-corrected chi connectivity index (χ1v) is 9.99. The van der Waals surface area contributed by atoms with Crippen LogP contribution >= 0.6 is 0 Å². The monoisotopic (exact) mass is 332 g/mol. The lowest BCUT2D eigenvalue weighted by atomic mass is 9.71. The predicted octanol–water partition coefficient (Wildman–Crippen LogP) is 1.69. The quantitative estimate of drug-likeness (QED) is 0.657. The van der Waals surface area contributed by atoms with Gasteiger partial charge in [0.05, 0.1) is 0 Å². The highest BCUT2D eigenvalue weighted by Gasteiger charge is 2.46. The molecule has 4 aliphatic heterocycles. The van der Waals surface area contributed by atoms with E-state index in [1.54, 1.807) is 6.42 Å². The number of hydrogen-bond donors (Lipinski definition) is 2. The molecule has 4 fully saturated rings. The zero-order valence-corrected chi connectivity index (χ0v) is 13.9. The Morgan fingerprint density at radius 2 is 1.18 bits per heavy atom. The normalized spacial score (nSPS) is 39.2. The number of rotatable bonds is 0. The van der Waals surface area contributed by atoms with Gasteiger partial charge in [0, 0.05) is 25.2 Å². The second-order valence-electron chi connectivity index (χ2n) is 7.32. The van der Waals surface area contributed by atoms with Crippen LogP contribution in [0.3, 0.4) is 0 Å². The summed E-state index contributed by atoms with van der Waals surface area (Å²) in [6.07, 6.45) is 10.5. The Morgan fingerprint density at radius 1 is 0.773 bits per heavy atom. The highest BCUT2D eigenvalue weighted by atomic mass is 32.3. The molecule has 0 amide bonds. The van der Waals surface area contributed by atoms with E-state index in [9.17, 15) is 0 Å². The highest BCUT2D eigenvalue weighted by molar-refractivity contribution is 7.79. The van der Waals surface area contributed by atoms with E-state index in [1.807, 2.05) is 0 Å². The summed E-state index contributed by atoms with van der Waals surface area (Å²) in [4.78, 5) is 5.74. The van der Waals surface area contributed by atoms with Gasteiger partial charge in [0.2, 0.25) is 0 Å². The van der Waals surface area contributed by atoms with E-state index in [2.05, 4.69) is 9.80 Å². The largest absolute Gasteiger partial charge is 0.394 e. The molecule has 0 spiro atoms. The van der Waals surface area contributed by atoms with E-state index < -0.39 is 10.4 Å². The molecule has 7 heteroatoms. The second kappa shape index (κ2) is 6.73. The van der Waals surface area contributed by atoms with Gasteiger partial charge in [0.25, 0.3) is 0 Å². The lowest BCUT2D eigenvalue weighted by Gasteiger charge is -2.57. The smallest absolute Gasteiger partial charge is 0.300 e. The van der Waals surface area contributed by atoms with Crippen LogP contribution in [-0.2, 0) is 10.4 Å². The van der Waals surface area contributed by atoms with Crippen LogP contribution in [0.1, 0.15) is 44.9 Å². The van der Waals surface area contributed by atoms with Crippen molar-refractivity contribution in [2.75, 3.05) is 26.2 Å². The SMILES string of the molecule is C1CCN2C[C@@H]3C[C@@H](CN4CCCC[C@H]34)[C@H]2C1.O=S(=O)(O)O. The summed E-state index contributed by atoms with van der Waals surface area (Å²) >= 11 is 0. The molecular formula is C15H28N2O4S. The molecule has 0 saturated carbocycles. The van der Waals surface area contributed by atoms with Crippen LogP contribution in [0.5, 0.6) is 0 Å². The molecule has 4 rings (SSSR count). The van der Waals surface area contributed by atoms with E-state index in [0.717, 1.165) is 23.9 Å². The van der Waals surface area contributed by atoms with Gasteiger partial charge in [-0.1, -0.05) is 12.8 Å². The Hall–Kier alpha value is -0.210. The van der Waals surface area contributed by atoms with Gasteiger partial charge in [-0.2, -0.15) is 8.42 Å². The van der Waals surface area contributed by atoms with Gasteiger partial charge in [0.15, 0.2) is 0 Å². The molecule has 0 unspecified atom stereocenters. The molecule has 0 aromatic carbocycles. The van der Waals surface area contributed by atoms with Crippen molar-refractivity contribution in [2.24, 2.45) is 11.8 Å². The van der Waals surface area contributed by atoms with Gasteiger partial charge >= 0.3 is 10.4 Å². The Kier molecular flexibility index (Phi) is 5.09. The topological polar surface area (TPSA) is 81.1 Å². The summed E-state index contributed by atoms with van der Waals surface area (Å²) in [7, 11) is -4.67. The summed E-state index contributed by atoms with van der Waals surface area (Å²) in [6.45, 7) is 5.68. The average Bonchev–Trinajstić information content (AvgIpc) is 2.46. The van der Waals surface area contributed by atoms with Crippen LogP contribution in [0.15, 0.2) is 0 Å². The standard InChI is InChI=1S/C15H26N2.H2O4S/c1-3-7-16-11-13-9-12(14(16)5-1)10-17-8-4-2-6-15(13)17;1-5(2,3)4/h12-15H,1-11H2;(H2,1,2,3,4)/t12-,13-,14+,15+;/m0./s1. The number of hydrogen-bond acceptors (Lipinski definition) is 4. The van der Waals surface area contributed by atoms with Crippen molar-refractivity contribution in [1.82, 2.24) is 9.80 Å². The summed E-state index contributed by atoms with van der Waals surface area (Å²) < 4.78 is 31.6. The van der Waals surface area contributed by atoms with Crippen LogP contribution in [0.2, 0.25) is 0 Å². The second-order valence-corrected chi connectivity index (χ2v) is 8.22. The maximum Gasteiger partial charge on any atom is 0.394 e. The third-order valence-electron chi connectivity index (χ3n) is 5.96. The fourth-order valence-electron chi connectivity index (χ4n) is 5.25. The van der Waals surface area contributed by atoms with Crippen molar-refractivity contribution in [3.8, 4) is 0 Å². The summed E-state index contributed by atoms with van der Waals surface area (Å²) in [5.74, 6) is 2.03. The van der Waals surface area contributed by atoms with Gasteiger partial charge in [-0.05, 0) is 57.0 Å². The molecule has 2 N–H and O–H groups in total. The Morgan fingerprint density at radius 3 is 1.59 bits per heavy atom. The van der Waals surface area contributed by atoms with Gasteiger partial charge in [-0.3, -0.25) is 18.9 Å². The van der Waals surface area contributed by atoms with Gasteiger partial charge in [-0.15, -0.1) is 0 Å². The number of nitrogens with zero attached hydrogens (tertiary/aromatic N) is 2. The minimum absolute atomic E-state index is 0.961. The third kappa shape index (κ3) is 4.00. The molecule has 6 nitrogen and oxygen atoms in total. The van der Waals surface area contributed by atoms with E-state index in [1.165, 1.54) is 64.7 Å². The van der Waals surface area contributed by atoms with E-state index in [-0.39, 0.29) is 0 Å². The van der Waals surface area contributed by atoms with Crippen molar-refractivity contribution in [3.05, 3.63) is 0 Å². The van der Waals surface area contributed by atoms with Crippen LogP contribution in [0.25, 0.3) is 0 Å². The number of piperidine rings is 4. The van der Waals surface area contributed by atoms with Crippen LogP contribution in [0.4, 0.5) is 0 Å². The van der Waals surface area contributed by atoms with Crippen LogP contribution < -0.4 is 0 Å². The molecule has 0 aromatic heterocycles. The summed E-state index contributed by atoms with van der Waals surface area (Å²) in [5.41, 5.74) is 0. The maximum atomic E-state index is 8.74. The lowest BCUT2D eigenvalue weighted by molar-refractivity contribution is -0.0718. The third-order valence-corrected chi connectivity index (χ3v) is 5.96. The van der Waals surface area contributed by atoms with Gasteiger partial charge in [-0.25, -0.2) is 0 Å². The maximum absolute atomic E-state index is 8.74. The molecule has 128 valence electrons. The number of fused-ring (bicyclic) bond motifs is 6. The molecule has 0 aromatic rings. The minimum atomic E-state index is -4.67. The first kappa shape index (κ1) is 16.6.